The van der Waals surface area contributed by atoms with Crippen molar-refractivity contribution in [2.24, 2.45) is 5.73 Å². The molecule has 1 aliphatic rings. The first kappa shape index (κ1) is 17.3. The van der Waals surface area contributed by atoms with E-state index >= 15 is 0 Å². The minimum atomic E-state index is 0. The number of amides is 1. The van der Waals surface area contributed by atoms with Gasteiger partial charge in [0.25, 0.3) is 0 Å². The Bertz CT molecular complexity index is 445. The minimum absolute atomic E-state index is 0. The van der Waals surface area contributed by atoms with E-state index in [4.69, 9.17) is 10.5 Å². The Morgan fingerprint density at radius 2 is 2.30 bits per heavy atom. The average molecular weight is 364 g/mol. The van der Waals surface area contributed by atoms with Crippen LogP contribution in [0.2, 0.25) is 0 Å². The first-order valence-electron chi connectivity index (χ1n) is 6.57. The van der Waals surface area contributed by atoms with E-state index in [0.717, 1.165) is 29.6 Å². The minimum Gasteiger partial charge on any atom is -0.493 e. The highest BCUT2D eigenvalue weighted by Crippen LogP contribution is 2.18. The number of ether oxygens (including phenoxy) is 1. The number of carbonyl (C=O) groups is 1. The van der Waals surface area contributed by atoms with E-state index in [1.54, 1.807) is 0 Å². The fraction of sp³-hybridized carbons (Fsp3) is 0.500. The lowest BCUT2D eigenvalue weighted by Crippen LogP contribution is -2.46. The molecular weight excluding hydrogens is 344 g/mol. The van der Waals surface area contributed by atoms with Gasteiger partial charge in [-0.15, -0.1) is 12.4 Å². The fourth-order valence-electron chi connectivity index (χ4n) is 2.21. The number of hydrogen-bond acceptors (Lipinski definition) is 3. The summed E-state index contributed by atoms with van der Waals surface area (Å²) in [5.74, 6) is 0.905. The Kier molecular flexibility index (Phi) is 7.34. The van der Waals surface area contributed by atoms with E-state index in [2.05, 4.69) is 15.9 Å². The third kappa shape index (κ3) is 5.31. The molecule has 2 rings (SSSR count). The van der Waals surface area contributed by atoms with Gasteiger partial charge >= 0.3 is 0 Å². The second kappa shape index (κ2) is 8.49. The highest BCUT2D eigenvalue weighted by molar-refractivity contribution is 9.10. The quantitative estimate of drug-likeness (QED) is 0.894. The number of nitrogens with zero attached hydrogens (tertiary/aromatic N) is 1. The van der Waals surface area contributed by atoms with Gasteiger partial charge in [-0.05, 0) is 31.0 Å². The number of carbonyl (C=O) groups excluding carboxylic acids is 1. The summed E-state index contributed by atoms with van der Waals surface area (Å²) in [4.78, 5) is 13.8. The lowest BCUT2D eigenvalue weighted by Gasteiger charge is -2.30. The van der Waals surface area contributed by atoms with Gasteiger partial charge in [-0.1, -0.05) is 22.0 Å². The Morgan fingerprint density at radius 3 is 3.00 bits per heavy atom. The first-order chi connectivity index (χ1) is 9.15. The molecule has 1 fully saturated rings. The van der Waals surface area contributed by atoms with E-state index < -0.39 is 0 Å². The number of halogens is 2. The van der Waals surface area contributed by atoms with Gasteiger partial charge in [0, 0.05) is 23.6 Å². The van der Waals surface area contributed by atoms with E-state index in [9.17, 15) is 4.79 Å². The monoisotopic (exact) mass is 362 g/mol. The van der Waals surface area contributed by atoms with Crippen LogP contribution < -0.4 is 10.5 Å². The Balaban J connectivity index is 0.00000200. The molecule has 0 aromatic heterocycles. The van der Waals surface area contributed by atoms with E-state index in [-0.39, 0.29) is 24.4 Å². The third-order valence-electron chi connectivity index (χ3n) is 3.19. The molecule has 6 heteroatoms. The highest BCUT2D eigenvalue weighted by atomic mass is 79.9. The van der Waals surface area contributed by atoms with Gasteiger partial charge in [0.15, 0.2) is 0 Å². The molecule has 4 nitrogen and oxygen atoms in total. The Hall–Kier alpha value is -0.780. The molecule has 0 bridgehead atoms. The molecule has 1 heterocycles. The molecule has 0 spiro atoms. The molecule has 2 N–H and O–H groups in total. The van der Waals surface area contributed by atoms with Crippen molar-refractivity contribution < 1.29 is 9.53 Å². The van der Waals surface area contributed by atoms with Crippen LogP contribution in [0.3, 0.4) is 0 Å². The number of hydrogen-bond donors (Lipinski definition) is 1. The summed E-state index contributed by atoms with van der Waals surface area (Å²) in [6.45, 7) is 1.90. The van der Waals surface area contributed by atoms with Crippen LogP contribution in [-0.2, 0) is 4.79 Å². The smallest absolute Gasteiger partial charge is 0.226 e. The molecule has 1 amide bonds. The summed E-state index contributed by atoms with van der Waals surface area (Å²) in [7, 11) is 0. The van der Waals surface area contributed by atoms with Crippen LogP contribution in [0.1, 0.15) is 19.3 Å². The lowest BCUT2D eigenvalue weighted by atomic mass is 10.1. The molecule has 0 saturated carbocycles. The fourth-order valence-corrected chi connectivity index (χ4v) is 2.59. The third-order valence-corrected chi connectivity index (χ3v) is 3.68. The van der Waals surface area contributed by atoms with Crippen molar-refractivity contribution in [2.75, 3.05) is 19.7 Å². The number of benzene rings is 1. The van der Waals surface area contributed by atoms with Crippen molar-refractivity contribution >= 4 is 34.2 Å². The summed E-state index contributed by atoms with van der Waals surface area (Å²) in [6, 6.07) is 7.74. The van der Waals surface area contributed by atoms with Crippen LogP contribution in [0.4, 0.5) is 0 Å². The van der Waals surface area contributed by atoms with E-state index in [1.807, 2.05) is 29.2 Å². The average Bonchev–Trinajstić information content (AvgIpc) is 2.38. The summed E-state index contributed by atoms with van der Waals surface area (Å²) in [5.41, 5.74) is 5.87. The zero-order chi connectivity index (χ0) is 13.7. The van der Waals surface area contributed by atoms with Gasteiger partial charge in [0.2, 0.25) is 5.91 Å². The van der Waals surface area contributed by atoms with E-state index in [0.29, 0.717) is 19.6 Å². The maximum Gasteiger partial charge on any atom is 0.226 e. The summed E-state index contributed by atoms with van der Waals surface area (Å²) >= 11 is 3.38. The zero-order valence-electron chi connectivity index (χ0n) is 11.3. The highest BCUT2D eigenvalue weighted by Gasteiger charge is 2.20. The number of rotatable bonds is 4. The van der Waals surface area contributed by atoms with Crippen molar-refractivity contribution in [2.45, 2.75) is 25.3 Å². The summed E-state index contributed by atoms with van der Waals surface area (Å²) < 4.78 is 6.54. The van der Waals surface area contributed by atoms with E-state index in [1.165, 1.54) is 0 Å². The maximum absolute atomic E-state index is 12.0. The molecule has 1 atom stereocenters. The van der Waals surface area contributed by atoms with Crippen molar-refractivity contribution in [3.05, 3.63) is 28.7 Å². The van der Waals surface area contributed by atoms with Crippen LogP contribution in [0.25, 0.3) is 0 Å². The van der Waals surface area contributed by atoms with Crippen LogP contribution >= 0.6 is 28.3 Å². The molecular formula is C14H20BrClN2O2. The predicted octanol–water partition coefficient (Wildman–Crippen LogP) is 2.59. The topological polar surface area (TPSA) is 55.6 Å². The van der Waals surface area contributed by atoms with Gasteiger partial charge in [0.05, 0.1) is 13.0 Å². The predicted molar refractivity (Wildman–Crippen MR) is 85.3 cm³/mol. The number of piperidine rings is 1. The number of nitrogens with two attached hydrogens (primary N) is 1. The maximum atomic E-state index is 12.0. The zero-order valence-corrected chi connectivity index (χ0v) is 13.7. The lowest BCUT2D eigenvalue weighted by molar-refractivity contribution is -0.132. The SMILES string of the molecule is Cl.NC1CCCN(C(=O)CCOc2cccc(Br)c2)C1. The van der Waals surface area contributed by atoms with Crippen LogP contribution in [-0.4, -0.2) is 36.5 Å². The van der Waals surface area contributed by atoms with Crippen molar-refractivity contribution in [1.82, 2.24) is 4.90 Å². The largest absolute Gasteiger partial charge is 0.493 e. The van der Waals surface area contributed by atoms with Crippen molar-refractivity contribution in [3.8, 4) is 5.75 Å². The Morgan fingerprint density at radius 1 is 1.50 bits per heavy atom. The standard InChI is InChI=1S/C14H19BrN2O2.ClH/c15-11-3-1-5-13(9-11)19-8-6-14(18)17-7-2-4-12(16)10-17;/h1,3,5,9,12H,2,4,6-8,10,16H2;1H. The van der Waals surface area contributed by atoms with Crippen LogP contribution in [0.5, 0.6) is 5.75 Å². The van der Waals surface area contributed by atoms with Gasteiger partial charge < -0.3 is 15.4 Å². The first-order valence-corrected chi connectivity index (χ1v) is 7.36. The van der Waals surface area contributed by atoms with Crippen LogP contribution in [0, 0.1) is 0 Å². The number of likely N-dealkylation sites (tertiary alicyclic amines) is 1. The normalized spacial score (nSPS) is 18.3. The van der Waals surface area contributed by atoms with Crippen LogP contribution in [0.15, 0.2) is 28.7 Å². The van der Waals surface area contributed by atoms with Crippen molar-refractivity contribution in [1.29, 1.82) is 0 Å². The molecule has 20 heavy (non-hydrogen) atoms. The molecule has 112 valence electrons. The van der Waals surface area contributed by atoms with Gasteiger partial charge in [0.1, 0.15) is 5.75 Å². The van der Waals surface area contributed by atoms with Gasteiger partial charge in [-0.25, -0.2) is 0 Å². The summed E-state index contributed by atoms with van der Waals surface area (Å²) in [5, 5.41) is 0. The second-order valence-electron chi connectivity index (χ2n) is 4.80. The molecule has 1 saturated heterocycles. The summed E-state index contributed by atoms with van der Waals surface area (Å²) in [6.07, 6.45) is 2.41. The van der Waals surface area contributed by atoms with Gasteiger partial charge in [-0.3, -0.25) is 4.79 Å². The molecule has 1 unspecified atom stereocenters. The Labute approximate surface area is 134 Å². The molecule has 1 aliphatic heterocycles. The molecule has 0 radical (unpaired) electrons. The molecule has 1 aromatic carbocycles. The van der Waals surface area contributed by atoms with Crippen molar-refractivity contribution in [3.63, 3.8) is 0 Å². The van der Waals surface area contributed by atoms with Gasteiger partial charge in [-0.2, -0.15) is 0 Å². The molecule has 1 aromatic rings. The second-order valence-corrected chi connectivity index (χ2v) is 5.71. The molecule has 0 aliphatic carbocycles.